The number of hydrogen-bond donors (Lipinski definition) is 2. The normalized spacial score (nSPS) is 10.7. The summed E-state index contributed by atoms with van der Waals surface area (Å²) in [6.07, 6.45) is 2.13. The molecule has 118 valence electrons. The predicted octanol–water partition coefficient (Wildman–Crippen LogP) is 3.21. The van der Waals surface area contributed by atoms with Crippen molar-refractivity contribution in [1.29, 1.82) is 0 Å². The zero-order valence-electron chi connectivity index (χ0n) is 12.0. The number of aromatic nitrogens is 2. The Hall–Kier alpha value is -2.22. The van der Waals surface area contributed by atoms with Crippen LogP contribution in [0.1, 0.15) is 16.2 Å². The fraction of sp³-hybridized carbons (Fsp3) is 0.133. The molecule has 23 heavy (non-hydrogen) atoms. The van der Waals surface area contributed by atoms with Crippen LogP contribution in [0, 0.1) is 0 Å². The minimum atomic E-state index is -0.356. The van der Waals surface area contributed by atoms with Crippen LogP contribution in [0.3, 0.4) is 0 Å². The molecule has 3 aromatic rings. The first-order valence-electron chi connectivity index (χ1n) is 6.84. The van der Waals surface area contributed by atoms with Crippen LogP contribution < -0.4 is 11.1 Å². The van der Waals surface area contributed by atoms with Gasteiger partial charge in [0.1, 0.15) is 5.76 Å². The fourth-order valence-corrected chi connectivity index (χ4v) is 2.96. The molecule has 3 heterocycles. The van der Waals surface area contributed by atoms with E-state index < -0.39 is 0 Å². The maximum Gasteiger partial charge on any atom is 0.277 e. The average molecular weight is 349 g/mol. The summed E-state index contributed by atoms with van der Waals surface area (Å²) in [5.41, 5.74) is 7.01. The summed E-state index contributed by atoms with van der Waals surface area (Å²) >= 11 is 7.36. The van der Waals surface area contributed by atoms with Gasteiger partial charge in [-0.05, 0) is 30.8 Å². The second kappa shape index (κ2) is 6.91. The fourth-order valence-electron chi connectivity index (χ4n) is 1.94. The highest BCUT2D eigenvalue weighted by Crippen LogP contribution is 2.30. The highest BCUT2D eigenvalue weighted by atomic mass is 35.5. The van der Waals surface area contributed by atoms with E-state index in [-0.39, 0.29) is 11.6 Å². The molecular weight excluding hydrogens is 336 g/mol. The predicted molar refractivity (Wildman–Crippen MR) is 89.8 cm³/mol. The molecule has 3 N–H and O–H groups in total. The Kier molecular flexibility index (Phi) is 4.71. The Bertz CT molecular complexity index is 813. The summed E-state index contributed by atoms with van der Waals surface area (Å²) in [6.45, 7) is 0.439. The second-order valence-electron chi connectivity index (χ2n) is 4.71. The Morgan fingerprint density at radius 1 is 1.35 bits per heavy atom. The summed E-state index contributed by atoms with van der Waals surface area (Å²) in [7, 11) is 0. The second-order valence-corrected chi connectivity index (χ2v) is 6.42. The number of anilines is 1. The van der Waals surface area contributed by atoms with Crippen LogP contribution in [0.5, 0.6) is 0 Å². The van der Waals surface area contributed by atoms with Crippen molar-refractivity contribution in [3.05, 3.63) is 52.3 Å². The van der Waals surface area contributed by atoms with Crippen LogP contribution in [0.2, 0.25) is 4.34 Å². The molecule has 0 aliphatic rings. The monoisotopic (exact) mass is 348 g/mol. The number of thiophene rings is 1. The van der Waals surface area contributed by atoms with Crippen LogP contribution >= 0.6 is 22.9 Å². The largest absolute Gasteiger partial charge is 0.361 e. The van der Waals surface area contributed by atoms with Crippen LogP contribution in [-0.2, 0) is 6.42 Å². The molecule has 0 radical (unpaired) electrons. The van der Waals surface area contributed by atoms with Gasteiger partial charge in [-0.15, -0.1) is 11.3 Å². The van der Waals surface area contributed by atoms with Crippen molar-refractivity contribution >= 4 is 34.5 Å². The number of nitrogens with zero attached hydrogens (tertiary/aromatic N) is 2. The van der Waals surface area contributed by atoms with E-state index >= 15 is 0 Å². The molecule has 0 aromatic carbocycles. The summed E-state index contributed by atoms with van der Waals surface area (Å²) in [6, 6.07) is 8.90. The van der Waals surface area contributed by atoms with Crippen molar-refractivity contribution in [2.75, 3.05) is 11.9 Å². The Morgan fingerprint density at radius 2 is 2.22 bits per heavy atom. The summed E-state index contributed by atoms with van der Waals surface area (Å²) in [4.78, 5) is 17.4. The average Bonchev–Trinajstić information content (AvgIpc) is 3.18. The Labute approximate surface area is 141 Å². The first-order chi connectivity index (χ1) is 11.2. The molecule has 3 rings (SSSR count). The van der Waals surface area contributed by atoms with Crippen molar-refractivity contribution in [2.45, 2.75) is 6.42 Å². The molecule has 3 aromatic heterocycles. The lowest BCUT2D eigenvalue weighted by Crippen LogP contribution is -2.12. The highest BCUT2D eigenvalue weighted by Gasteiger charge is 2.13. The van der Waals surface area contributed by atoms with E-state index in [9.17, 15) is 4.79 Å². The molecule has 0 spiro atoms. The molecule has 0 saturated heterocycles. The number of halogens is 1. The highest BCUT2D eigenvalue weighted by molar-refractivity contribution is 7.19. The van der Waals surface area contributed by atoms with Crippen molar-refractivity contribution in [3.8, 4) is 10.6 Å². The first-order valence-corrected chi connectivity index (χ1v) is 8.04. The number of carbonyl (C=O) groups excluding carboxylic acids is 1. The van der Waals surface area contributed by atoms with Gasteiger partial charge in [-0.2, -0.15) is 0 Å². The molecular formula is C15H13ClN4O2S. The number of nitrogens with one attached hydrogen (secondary N) is 1. The van der Waals surface area contributed by atoms with Crippen molar-refractivity contribution in [3.63, 3.8) is 0 Å². The third-order valence-electron chi connectivity index (χ3n) is 3.03. The van der Waals surface area contributed by atoms with Crippen molar-refractivity contribution < 1.29 is 9.32 Å². The summed E-state index contributed by atoms with van der Waals surface area (Å²) in [5, 5.41) is 6.44. The van der Waals surface area contributed by atoms with Crippen LogP contribution in [-0.4, -0.2) is 22.6 Å². The molecule has 0 saturated carbocycles. The van der Waals surface area contributed by atoms with Gasteiger partial charge in [-0.3, -0.25) is 9.78 Å². The molecule has 8 heteroatoms. The van der Waals surface area contributed by atoms with Gasteiger partial charge in [0.25, 0.3) is 5.91 Å². The summed E-state index contributed by atoms with van der Waals surface area (Å²) < 4.78 is 5.73. The van der Waals surface area contributed by atoms with Gasteiger partial charge in [-0.25, -0.2) is 0 Å². The van der Waals surface area contributed by atoms with Crippen LogP contribution in [0.4, 0.5) is 5.69 Å². The maximum absolute atomic E-state index is 12.1. The molecule has 0 bridgehead atoms. The van der Waals surface area contributed by atoms with Crippen LogP contribution in [0.25, 0.3) is 10.6 Å². The lowest BCUT2D eigenvalue weighted by molar-refractivity contribution is 0.101. The standard InChI is InChI=1S/C15H13ClN4O2S/c16-14-4-3-13(23-14)11-2-1-9(8-18-11)19-15(21)12-7-10(5-6-17)22-20-12/h1-4,7-8H,5-6,17H2,(H,19,21). The summed E-state index contributed by atoms with van der Waals surface area (Å²) in [5.74, 6) is 0.228. The number of hydrogen-bond acceptors (Lipinski definition) is 6. The maximum atomic E-state index is 12.1. The van der Waals surface area contributed by atoms with Crippen molar-refractivity contribution in [1.82, 2.24) is 10.1 Å². The van der Waals surface area contributed by atoms with E-state index in [0.717, 1.165) is 10.6 Å². The van der Waals surface area contributed by atoms with Gasteiger partial charge in [0, 0.05) is 12.5 Å². The Morgan fingerprint density at radius 3 is 2.87 bits per heavy atom. The molecule has 0 unspecified atom stereocenters. The SMILES string of the molecule is NCCc1cc(C(=O)Nc2ccc(-c3ccc(Cl)s3)nc2)no1. The van der Waals surface area contributed by atoms with E-state index in [1.165, 1.54) is 11.3 Å². The lowest BCUT2D eigenvalue weighted by Gasteiger charge is -2.03. The molecule has 0 aliphatic carbocycles. The third-order valence-corrected chi connectivity index (χ3v) is 4.28. The number of pyridine rings is 1. The van der Waals surface area contributed by atoms with Gasteiger partial charge in [-0.1, -0.05) is 16.8 Å². The number of amides is 1. The van der Waals surface area contributed by atoms with Crippen LogP contribution in [0.15, 0.2) is 41.1 Å². The van der Waals surface area contributed by atoms with E-state index in [4.69, 9.17) is 21.9 Å². The van der Waals surface area contributed by atoms with Gasteiger partial charge in [0.2, 0.25) is 0 Å². The number of rotatable bonds is 5. The van der Waals surface area contributed by atoms with E-state index in [1.807, 2.05) is 18.2 Å². The molecule has 0 atom stereocenters. The number of carbonyl (C=O) groups is 1. The molecule has 1 amide bonds. The topological polar surface area (TPSA) is 94.0 Å². The lowest BCUT2D eigenvalue weighted by atomic mass is 10.2. The van der Waals surface area contributed by atoms with Gasteiger partial charge < -0.3 is 15.6 Å². The Balaban J connectivity index is 1.68. The van der Waals surface area contributed by atoms with E-state index in [1.54, 1.807) is 18.3 Å². The van der Waals surface area contributed by atoms with Gasteiger partial charge >= 0.3 is 0 Å². The zero-order valence-corrected chi connectivity index (χ0v) is 13.5. The van der Waals surface area contributed by atoms with Gasteiger partial charge in [0.15, 0.2) is 5.69 Å². The molecule has 0 fully saturated rings. The van der Waals surface area contributed by atoms with E-state index in [2.05, 4.69) is 15.5 Å². The van der Waals surface area contributed by atoms with Crippen molar-refractivity contribution in [2.24, 2.45) is 5.73 Å². The zero-order chi connectivity index (χ0) is 16.2. The van der Waals surface area contributed by atoms with Gasteiger partial charge in [0.05, 0.1) is 26.8 Å². The quantitative estimate of drug-likeness (QED) is 0.738. The first kappa shape index (κ1) is 15.7. The minimum Gasteiger partial charge on any atom is -0.361 e. The minimum absolute atomic E-state index is 0.211. The van der Waals surface area contributed by atoms with E-state index in [0.29, 0.717) is 28.7 Å². The smallest absolute Gasteiger partial charge is 0.277 e. The molecule has 6 nitrogen and oxygen atoms in total. The number of nitrogens with two attached hydrogens (primary N) is 1. The molecule has 0 aliphatic heterocycles. The third kappa shape index (κ3) is 3.76.